The van der Waals surface area contributed by atoms with Crippen LogP contribution in [0.1, 0.15) is 32.6 Å². The first-order chi connectivity index (χ1) is 9.72. The Morgan fingerprint density at radius 2 is 1.95 bits per heavy atom. The van der Waals surface area contributed by atoms with Crippen molar-refractivity contribution in [3.8, 4) is 0 Å². The zero-order valence-corrected chi connectivity index (χ0v) is 12.0. The van der Waals surface area contributed by atoms with E-state index in [1.165, 1.54) is 0 Å². The van der Waals surface area contributed by atoms with Gasteiger partial charge in [-0.2, -0.15) is 0 Å². The van der Waals surface area contributed by atoms with Crippen LogP contribution in [0.15, 0.2) is 30.3 Å². The molecule has 1 saturated heterocycles. The van der Waals surface area contributed by atoms with Crippen LogP contribution in [-0.4, -0.2) is 36.3 Å². The van der Waals surface area contributed by atoms with Crippen molar-refractivity contribution in [2.45, 2.75) is 32.6 Å². The minimum Gasteiger partial charge on any atom is -0.333 e. The van der Waals surface area contributed by atoms with Crippen LogP contribution >= 0.6 is 0 Å². The van der Waals surface area contributed by atoms with Gasteiger partial charge >= 0.3 is 0 Å². The molecule has 4 nitrogen and oxygen atoms in total. The Hall–Kier alpha value is -1.84. The first kappa shape index (κ1) is 14.6. The molecule has 0 bridgehead atoms. The molecule has 0 saturated carbocycles. The molecule has 2 rings (SSSR count). The molecule has 0 spiro atoms. The van der Waals surface area contributed by atoms with Crippen LogP contribution in [0, 0.1) is 0 Å². The summed E-state index contributed by atoms with van der Waals surface area (Å²) in [5.41, 5.74) is 0.891. The predicted octanol–water partition coefficient (Wildman–Crippen LogP) is 2.44. The molecular formula is C16H22N2O2. The third-order valence-electron chi connectivity index (χ3n) is 3.68. The van der Waals surface area contributed by atoms with Crippen LogP contribution in [0.4, 0.5) is 5.69 Å². The monoisotopic (exact) mass is 274 g/mol. The van der Waals surface area contributed by atoms with Crippen molar-refractivity contribution in [1.82, 2.24) is 4.90 Å². The van der Waals surface area contributed by atoms with Gasteiger partial charge in [0.25, 0.3) is 0 Å². The van der Waals surface area contributed by atoms with Gasteiger partial charge in [0.15, 0.2) is 0 Å². The van der Waals surface area contributed by atoms with E-state index in [1.54, 1.807) is 9.80 Å². The van der Waals surface area contributed by atoms with Gasteiger partial charge in [-0.05, 0) is 31.9 Å². The number of likely N-dealkylation sites (N-methyl/N-ethyl adjacent to an activating group) is 1. The summed E-state index contributed by atoms with van der Waals surface area (Å²) < 4.78 is 0. The minimum atomic E-state index is -0.00560. The van der Waals surface area contributed by atoms with Gasteiger partial charge in [0, 0.05) is 25.2 Å². The Bertz CT molecular complexity index is 459. The van der Waals surface area contributed by atoms with Crippen LogP contribution in [-0.2, 0) is 9.59 Å². The lowest BCUT2D eigenvalue weighted by Gasteiger charge is -2.26. The highest BCUT2D eigenvalue weighted by Crippen LogP contribution is 2.15. The lowest BCUT2D eigenvalue weighted by molar-refractivity contribution is -0.134. The van der Waals surface area contributed by atoms with Crippen LogP contribution < -0.4 is 4.90 Å². The molecule has 1 aliphatic heterocycles. The van der Waals surface area contributed by atoms with Crippen molar-refractivity contribution in [1.29, 1.82) is 0 Å². The number of anilines is 1. The Kier molecular flexibility index (Phi) is 5.16. The van der Waals surface area contributed by atoms with Gasteiger partial charge in [0.2, 0.25) is 11.8 Å². The fraction of sp³-hybridized carbons (Fsp3) is 0.500. The minimum absolute atomic E-state index is 0.00560. The highest BCUT2D eigenvalue weighted by molar-refractivity contribution is 5.96. The highest BCUT2D eigenvalue weighted by Gasteiger charge is 2.22. The Labute approximate surface area is 120 Å². The van der Waals surface area contributed by atoms with Gasteiger partial charge in [-0.3, -0.25) is 9.59 Å². The quantitative estimate of drug-likeness (QED) is 0.846. The van der Waals surface area contributed by atoms with Crippen LogP contribution in [0.5, 0.6) is 0 Å². The van der Waals surface area contributed by atoms with Gasteiger partial charge in [0.05, 0.1) is 0 Å². The van der Waals surface area contributed by atoms with E-state index in [-0.39, 0.29) is 18.4 Å². The van der Waals surface area contributed by atoms with E-state index in [0.717, 1.165) is 24.9 Å². The van der Waals surface area contributed by atoms with Crippen molar-refractivity contribution < 1.29 is 9.59 Å². The summed E-state index contributed by atoms with van der Waals surface area (Å²) in [6.07, 6.45) is 3.59. The van der Waals surface area contributed by atoms with E-state index < -0.39 is 0 Å². The van der Waals surface area contributed by atoms with Crippen molar-refractivity contribution in [2.24, 2.45) is 0 Å². The number of rotatable bonds is 4. The third kappa shape index (κ3) is 3.59. The van der Waals surface area contributed by atoms with Crippen LogP contribution in [0.3, 0.4) is 0 Å². The average molecular weight is 274 g/mol. The molecule has 1 heterocycles. The van der Waals surface area contributed by atoms with Crippen LogP contribution in [0.25, 0.3) is 0 Å². The lowest BCUT2D eigenvalue weighted by atomic mass is 10.2. The molecule has 2 amide bonds. The molecule has 0 radical (unpaired) electrons. The van der Waals surface area contributed by atoms with Gasteiger partial charge in [-0.15, -0.1) is 0 Å². The second-order valence-corrected chi connectivity index (χ2v) is 5.10. The summed E-state index contributed by atoms with van der Waals surface area (Å²) >= 11 is 0. The molecular weight excluding hydrogens is 252 g/mol. The van der Waals surface area contributed by atoms with Crippen molar-refractivity contribution >= 4 is 17.5 Å². The lowest BCUT2D eigenvalue weighted by Crippen LogP contribution is -2.42. The fourth-order valence-electron chi connectivity index (χ4n) is 2.57. The maximum absolute atomic E-state index is 12.4. The predicted molar refractivity (Wildman–Crippen MR) is 79.5 cm³/mol. The molecule has 1 fully saturated rings. The zero-order valence-electron chi connectivity index (χ0n) is 12.0. The molecule has 0 unspecified atom stereocenters. The number of likely N-dealkylation sites (tertiary alicyclic amines) is 1. The van der Waals surface area contributed by atoms with Crippen molar-refractivity contribution in [2.75, 3.05) is 24.5 Å². The summed E-state index contributed by atoms with van der Waals surface area (Å²) in [5, 5.41) is 0. The molecule has 0 atom stereocenters. The van der Waals surface area contributed by atoms with E-state index in [9.17, 15) is 9.59 Å². The maximum Gasteiger partial charge on any atom is 0.246 e. The highest BCUT2D eigenvalue weighted by atomic mass is 16.2. The second kappa shape index (κ2) is 7.08. The number of hydrogen-bond acceptors (Lipinski definition) is 2. The molecule has 0 N–H and O–H groups in total. The number of carbonyl (C=O) groups excluding carboxylic acids is 2. The molecule has 1 aromatic carbocycles. The summed E-state index contributed by atoms with van der Waals surface area (Å²) in [5.74, 6) is 0.105. The zero-order chi connectivity index (χ0) is 14.4. The molecule has 108 valence electrons. The second-order valence-electron chi connectivity index (χ2n) is 5.10. The Morgan fingerprint density at radius 1 is 1.20 bits per heavy atom. The fourth-order valence-corrected chi connectivity index (χ4v) is 2.57. The molecule has 1 aromatic rings. The summed E-state index contributed by atoms with van der Waals surface area (Å²) in [6, 6.07) is 9.61. The smallest absolute Gasteiger partial charge is 0.246 e. The standard InChI is InChI=1S/C16H22N2O2/c1-2-18(14-9-5-3-6-10-14)16(20)13-17-12-8-4-7-11-15(17)19/h3,5-6,9-10H,2,4,7-8,11-13H2,1H3. The molecule has 20 heavy (non-hydrogen) atoms. The summed E-state index contributed by atoms with van der Waals surface area (Å²) in [7, 11) is 0. The topological polar surface area (TPSA) is 40.6 Å². The average Bonchev–Trinajstić information content (AvgIpc) is 2.66. The molecule has 4 heteroatoms. The Balaban J connectivity index is 2.04. The van der Waals surface area contributed by atoms with E-state index in [4.69, 9.17) is 0 Å². The normalized spacial score (nSPS) is 15.8. The number of benzene rings is 1. The number of hydrogen-bond donors (Lipinski definition) is 0. The summed E-state index contributed by atoms with van der Waals surface area (Å²) in [4.78, 5) is 27.8. The maximum atomic E-state index is 12.4. The van der Waals surface area contributed by atoms with Gasteiger partial charge < -0.3 is 9.80 Å². The SMILES string of the molecule is CCN(C(=O)CN1CCCCCC1=O)c1ccccc1. The number of nitrogens with zero attached hydrogens (tertiary/aromatic N) is 2. The van der Waals surface area contributed by atoms with Gasteiger partial charge in [-0.1, -0.05) is 24.6 Å². The van der Waals surface area contributed by atoms with Crippen LogP contribution in [0.2, 0.25) is 0 Å². The molecule has 0 aromatic heterocycles. The molecule has 1 aliphatic rings. The Morgan fingerprint density at radius 3 is 2.65 bits per heavy atom. The molecule has 0 aliphatic carbocycles. The number of amides is 2. The van der Waals surface area contributed by atoms with E-state index in [0.29, 0.717) is 19.5 Å². The largest absolute Gasteiger partial charge is 0.333 e. The van der Waals surface area contributed by atoms with E-state index >= 15 is 0 Å². The number of carbonyl (C=O) groups is 2. The van der Waals surface area contributed by atoms with Gasteiger partial charge in [-0.25, -0.2) is 0 Å². The van der Waals surface area contributed by atoms with E-state index in [2.05, 4.69) is 0 Å². The van der Waals surface area contributed by atoms with Crippen molar-refractivity contribution in [3.05, 3.63) is 30.3 Å². The first-order valence-electron chi connectivity index (χ1n) is 7.35. The van der Waals surface area contributed by atoms with E-state index in [1.807, 2.05) is 37.3 Å². The number of para-hydroxylation sites is 1. The third-order valence-corrected chi connectivity index (χ3v) is 3.68. The van der Waals surface area contributed by atoms with Gasteiger partial charge in [0.1, 0.15) is 6.54 Å². The first-order valence-corrected chi connectivity index (χ1v) is 7.35. The van der Waals surface area contributed by atoms with Crippen molar-refractivity contribution in [3.63, 3.8) is 0 Å². The summed E-state index contributed by atoms with van der Waals surface area (Å²) in [6.45, 7) is 3.47.